The van der Waals surface area contributed by atoms with E-state index in [1.165, 1.54) is 71.7 Å². The summed E-state index contributed by atoms with van der Waals surface area (Å²) in [6.07, 6.45) is 13.8. The minimum absolute atomic E-state index is 0.0321. The van der Waals surface area contributed by atoms with E-state index < -0.39 is 0 Å². The number of ether oxygens (including phenoxy) is 3. The van der Waals surface area contributed by atoms with Gasteiger partial charge in [-0.25, -0.2) is 0 Å². The van der Waals surface area contributed by atoms with Crippen LogP contribution >= 0.6 is 35.3 Å². The van der Waals surface area contributed by atoms with Gasteiger partial charge < -0.3 is 18.6 Å². The van der Waals surface area contributed by atoms with E-state index in [-0.39, 0.29) is 40.6 Å². The Morgan fingerprint density at radius 2 is 1.07 bits per heavy atom. The van der Waals surface area contributed by atoms with Gasteiger partial charge in [-0.15, -0.1) is 30.6 Å². The van der Waals surface area contributed by atoms with E-state index in [0.29, 0.717) is 72.7 Å². The summed E-state index contributed by atoms with van der Waals surface area (Å²) >= 11 is 4.49. The molecule has 5 aliphatic carbocycles. The molecule has 7 aromatic carbocycles. The standard InChI is InChI=1S/C31H37N3O2S.C29H25N3O3S.C25H29N3O2S/c1-3-21-9-11-27(12-10-21)36-19-28-32-33-31(34(28)18-22-7-5-4-6-8-22)37-20(2)30(35)29-25-14-23-13-24(16-25)17-26(29)15-23;1-21-9-15-25(16-10-21)35-19-28-30-31-29(32(28)18-26-8-5-17-34-26)36-20-27(33)24-13-11-23(12-14-24)22-6-3-2-4-7-22;1-3-19-13-15-21(16-14-19)30-17-24-26-27-25(31-23-12-8-7-11-22(23)29)28(24)18(2)20-9-5-4-6-10-20/h4-12,20,23-26,29H,3,13-19H2,1-2H3;2-17H,18-20H2,1H3;4-6,9-10,13-16,18,23H,3,7-8,11-12,17H2,1-2H3. The first-order valence-electron chi connectivity index (χ1n) is 36.6. The average Bonchev–Trinajstić information content (AvgIpc) is 0.917. The van der Waals surface area contributed by atoms with Crippen molar-refractivity contribution in [3.63, 3.8) is 0 Å². The number of rotatable bonds is 28. The van der Waals surface area contributed by atoms with Crippen molar-refractivity contribution in [2.75, 3.05) is 5.75 Å². The molecule has 5 saturated carbocycles. The number of thioether (sulfide) groups is 3. The third-order valence-corrected chi connectivity index (χ3v) is 23.8. The Morgan fingerprint density at radius 1 is 0.538 bits per heavy atom. The molecule has 4 bridgehead atoms. The molecular formula is C85H91N9O7S3. The van der Waals surface area contributed by atoms with E-state index in [2.05, 4.69) is 140 Å². The summed E-state index contributed by atoms with van der Waals surface area (Å²) in [5.41, 5.74) is 8.96. The lowest BCUT2D eigenvalue weighted by molar-refractivity contribution is -0.135. The SMILES string of the molecule is CCc1ccc(OCc2nnc(SC(C)C(=O)C3C4CC5CC(C4)CC3C5)n2Cc2ccccc2)cc1.CCc1ccc(OCc2nnc(SC3CCCCC3=O)n2C(C)c2ccccc2)cc1.Cc1ccc(OCc2nnc(SCC(=O)c3ccc(-c4ccccc4)cc3)n2Cc2ccco2)cc1. The summed E-state index contributed by atoms with van der Waals surface area (Å²) in [6, 6.07) is 66.5. The molecular weight excluding hydrogens is 1360 g/mol. The van der Waals surface area contributed by atoms with E-state index in [1.54, 1.807) is 29.8 Å². The van der Waals surface area contributed by atoms with Crippen molar-refractivity contribution < 1.29 is 33.0 Å². The van der Waals surface area contributed by atoms with Crippen molar-refractivity contribution in [1.29, 1.82) is 0 Å². The first-order valence-corrected chi connectivity index (χ1v) is 39.4. The normalized spacial score (nSPS) is 18.5. The minimum atomic E-state index is -0.128. The van der Waals surface area contributed by atoms with Crippen molar-refractivity contribution >= 4 is 52.6 Å². The molecule has 3 atom stereocenters. The van der Waals surface area contributed by atoms with Crippen molar-refractivity contribution in [2.45, 2.75) is 170 Å². The smallest absolute Gasteiger partial charge is 0.192 e. The molecule has 16 rings (SSSR count). The van der Waals surface area contributed by atoms with Crippen LogP contribution in [0, 0.1) is 36.5 Å². The summed E-state index contributed by atoms with van der Waals surface area (Å²) in [4.78, 5) is 39.1. The van der Waals surface area contributed by atoms with E-state index in [1.807, 2.05) is 139 Å². The number of carbonyl (C=O) groups excluding carboxylic acids is 3. The Labute approximate surface area is 623 Å². The third-order valence-electron chi connectivity index (χ3n) is 20.5. The van der Waals surface area contributed by atoms with Crippen LogP contribution in [0.4, 0.5) is 0 Å². The first-order chi connectivity index (χ1) is 50.9. The number of benzene rings is 7. The van der Waals surface area contributed by atoms with Crippen molar-refractivity contribution in [3.05, 3.63) is 263 Å². The number of nitrogens with zero attached hydrogens (tertiary/aromatic N) is 9. The van der Waals surface area contributed by atoms with Crippen molar-refractivity contribution in [3.8, 4) is 28.4 Å². The average molecular weight is 1450 g/mol. The zero-order chi connectivity index (χ0) is 71.7. The van der Waals surface area contributed by atoms with Crippen LogP contribution in [0.1, 0.15) is 153 Å². The van der Waals surface area contributed by atoms with Crippen LogP contribution in [0.3, 0.4) is 0 Å². The molecule has 11 aromatic rings. The van der Waals surface area contributed by atoms with Crippen LogP contribution in [-0.2, 0) is 55.3 Å². The molecule has 5 fully saturated rings. The largest absolute Gasteiger partial charge is 0.486 e. The van der Waals surface area contributed by atoms with Gasteiger partial charge in [0.05, 0.1) is 41.6 Å². The summed E-state index contributed by atoms with van der Waals surface area (Å²) in [5, 5.41) is 28.8. The van der Waals surface area contributed by atoms with E-state index in [9.17, 15) is 14.4 Å². The molecule has 16 nitrogen and oxygen atoms in total. The summed E-state index contributed by atoms with van der Waals surface area (Å²) < 4.78 is 29.8. The quantitative estimate of drug-likeness (QED) is 0.0333. The number of furan rings is 1. The molecule has 0 aliphatic heterocycles. The Bertz CT molecular complexity index is 4520. The highest BCUT2D eigenvalue weighted by Crippen LogP contribution is 2.57. The Hall–Kier alpha value is -9.30. The third kappa shape index (κ3) is 18.8. The van der Waals surface area contributed by atoms with Gasteiger partial charge in [-0.2, -0.15) is 0 Å². The fourth-order valence-electron chi connectivity index (χ4n) is 14.9. The molecule has 0 radical (unpaired) electrons. The van der Waals surface area contributed by atoms with Crippen LogP contribution < -0.4 is 14.2 Å². The monoisotopic (exact) mass is 1450 g/mol. The molecule has 104 heavy (non-hydrogen) atoms. The molecule has 4 aromatic heterocycles. The number of Topliss-reactive ketones (excluding diaryl/α,β-unsaturated/α-hetero) is 3. The van der Waals surface area contributed by atoms with Gasteiger partial charge in [0.25, 0.3) is 0 Å². The number of hydrogen-bond acceptors (Lipinski definition) is 16. The topological polar surface area (TPSA) is 184 Å². The fraction of sp³-hybridized carbons (Fsp3) is 0.353. The van der Waals surface area contributed by atoms with Gasteiger partial charge in [0.1, 0.15) is 54.4 Å². The van der Waals surface area contributed by atoms with Crippen LogP contribution in [0.5, 0.6) is 17.2 Å². The van der Waals surface area contributed by atoms with E-state index in [4.69, 9.17) is 18.6 Å². The lowest BCUT2D eigenvalue weighted by atomic mass is 9.51. The predicted molar refractivity (Wildman–Crippen MR) is 410 cm³/mol. The highest BCUT2D eigenvalue weighted by Gasteiger charge is 2.51. The van der Waals surface area contributed by atoms with Gasteiger partial charge in [-0.3, -0.25) is 28.1 Å². The molecule has 0 amide bonds. The van der Waals surface area contributed by atoms with Gasteiger partial charge in [0.15, 0.2) is 38.7 Å². The van der Waals surface area contributed by atoms with Gasteiger partial charge in [-0.1, -0.05) is 213 Å². The molecule has 0 saturated heterocycles. The summed E-state index contributed by atoms with van der Waals surface area (Å²) in [5.74, 6) is 9.64. The Morgan fingerprint density at radius 3 is 1.64 bits per heavy atom. The molecule has 536 valence electrons. The zero-order valence-corrected chi connectivity index (χ0v) is 62.3. The van der Waals surface area contributed by atoms with Crippen molar-refractivity contribution in [1.82, 2.24) is 44.3 Å². The maximum Gasteiger partial charge on any atom is 0.192 e. The van der Waals surface area contributed by atoms with E-state index in [0.717, 1.165) is 100 Å². The van der Waals surface area contributed by atoms with Gasteiger partial charge in [0, 0.05) is 17.9 Å². The highest BCUT2D eigenvalue weighted by molar-refractivity contribution is 8.00. The van der Waals surface area contributed by atoms with Gasteiger partial charge in [0.2, 0.25) is 0 Å². The molecule has 0 spiro atoms. The maximum absolute atomic E-state index is 13.8. The van der Waals surface area contributed by atoms with E-state index >= 15 is 0 Å². The molecule has 4 heterocycles. The van der Waals surface area contributed by atoms with Crippen LogP contribution in [0.15, 0.2) is 226 Å². The molecule has 3 unspecified atom stereocenters. The predicted octanol–water partition coefficient (Wildman–Crippen LogP) is 18.7. The number of carbonyl (C=O) groups is 3. The Kier molecular flexibility index (Phi) is 24.9. The summed E-state index contributed by atoms with van der Waals surface area (Å²) in [7, 11) is 0. The lowest BCUT2D eigenvalue weighted by Crippen LogP contribution is -2.49. The lowest BCUT2D eigenvalue weighted by Gasteiger charge is -2.54. The van der Waals surface area contributed by atoms with Crippen LogP contribution in [0.2, 0.25) is 0 Å². The molecule has 5 aliphatic rings. The van der Waals surface area contributed by atoms with Gasteiger partial charge in [-0.05, 0) is 184 Å². The molecule has 19 heteroatoms. The number of ketones is 3. The second kappa shape index (κ2) is 35.5. The van der Waals surface area contributed by atoms with Gasteiger partial charge >= 0.3 is 0 Å². The second-order valence-corrected chi connectivity index (χ2v) is 31.1. The van der Waals surface area contributed by atoms with Crippen LogP contribution in [0.25, 0.3) is 11.1 Å². The maximum atomic E-state index is 13.8. The number of aryl methyl sites for hydroxylation is 3. The summed E-state index contributed by atoms with van der Waals surface area (Å²) in [6.45, 7) is 12.6. The highest BCUT2D eigenvalue weighted by atomic mass is 32.2. The minimum Gasteiger partial charge on any atom is -0.486 e. The number of aromatic nitrogens is 9. The molecule has 0 N–H and O–H groups in total. The first kappa shape index (κ1) is 73.0. The van der Waals surface area contributed by atoms with Crippen LogP contribution in [-0.4, -0.2) is 77.9 Å². The Balaban J connectivity index is 0.000000139. The fourth-order valence-corrected chi connectivity index (χ4v) is 18.0. The number of hydrogen-bond donors (Lipinski definition) is 0. The zero-order valence-electron chi connectivity index (χ0n) is 59.9. The van der Waals surface area contributed by atoms with Crippen molar-refractivity contribution in [2.24, 2.45) is 29.6 Å². The second-order valence-electron chi connectivity index (χ2n) is 27.7.